The number of carbonyl (C=O) groups is 1. The average Bonchev–Trinajstić information content (AvgIpc) is 2.83. The molecule has 1 N–H and O–H groups in total. The summed E-state index contributed by atoms with van der Waals surface area (Å²) in [7, 11) is 1.86. The third kappa shape index (κ3) is 3.91. The maximum absolute atomic E-state index is 12.0. The van der Waals surface area contributed by atoms with Crippen LogP contribution < -0.4 is 5.32 Å². The molecule has 0 spiro atoms. The Morgan fingerprint density at radius 3 is 2.76 bits per heavy atom. The van der Waals surface area contributed by atoms with Crippen molar-refractivity contribution < 1.29 is 4.79 Å². The van der Waals surface area contributed by atoms with Crippen molar-refractivity contribution in [1.29, 1.82) is 0 Å². The van der Waals surface area contributed by atoms with Gasteiger partial charge >= 0.3 is 0 Å². The van der Waals surface area contributed by atoms with Crippen LogP contribution >= 0.6 is 24.2 Å². The largest absolute Gasteiger partial charge is 0.340 e. The van der Waals surface area contributed by atoms with E-state index in [0.717, 1.165) is 11.6 Å². The van der Waals surface area contributed by atoms with E-state index in [-0.39, 0.29) is 24.4 Å². The Morgan fingerprint density at radius 2 is 2.18 bits per heavy atom. The van der Waals surface area contributed by atoms with Crippen molar-refractivity contribution in [3.8, 4) is 0 Å². The molecular weight excluding hydrogens is 256 g/mol. The van der Waals surface area contributed by atoms with Gasteiger partial charge < -0.3 is 4.90 Å². The van der Waals surface area contributed by atoms with Gasteiger partial charge in [-0.05, 0) is 5.56 Å². The molecular formula is C12H17ClN2OS. The summed E-state index contributed by atoms with van der Waals surface area (Å²) in [6, 6.07) is 10.1. The maximum atomic E-state index is 12.0. The summed E-state index contributed by atoms with van der Waals surface area (Å²) in [4.78, 5) is 13.8. The fraction of sp³-hybridized carbons (Fsp3) is 0.417. The van der Waals surface area contributed by atoms with E-state index in [0.29, 0.717) is 6.54 Å². The van der Waals surface area contributed by atoms with Gasteiger partial charge in [0.25, 0.3) is 0 Å². The number of thioether (sulfide) groups is 1. The number of likely N-dealkylation sites (N-methyl/N-ethyl adjacent to an activating group) is 1. The highest BCUT2D eigenvalue weighted by atomic mass is 35.5. The second kappa shape index (κ2) is 6.89. The van der Waals surface area contributed by atoms with Crippen LogP contribution in [0.3, 0.4) is 0 Å². The molecule has 1 unspecified atom stereocenters. The van der Waals surface area contributed by atoms with E-state index >= 15 is 0 Å². The predicted molar refractivity (Wildman–Crippen MR) is 74.4 cm³/mol. The minimum atomic E-state index is -0.00119. The summed E-state index contributed by atoms with van der Waals surface area (Å²) in [6.45, 7) is 0.683. The topological polar surface area (TPSA) is 32.3 Å². The molecule has 1 aliphatic rings. The predicted octanol–water partition coefficient (Wildman–Crippen LogP) is 1.73. The van der Waals surface area contributed by atoms with Crippen molar-refractivity contribution in [2.75, 3.05) is 18.7 Å². The van der Waals surface area contributed by atoms with Gasteiger partial charge in [-0.1, -0.05) is 30.3 Å². The van der Waals surface area contributed by atoms with Crippen LogP contribution in [0.15, 0.2) is 30.3 Å². The first-order valence-electron chi connectivity index (χ1n) is 5.37. The molecule has 2 rings (SSSR count). The quantitative estimate of drug-likeness (QED) is 0.910. The van der Waals surface area contributed by atoms with Gasteiger partial charge in [0.05, 0.1) is 6.04 Å². The summed E-state index contributed by atoms with van der Waals surface area (Å²) in [5.41, 5.74) is 1.17. The van der Waals surface area contributed by atoms with Crippen molar-refractivity contribution >= 4 is 30.1 Å². The molecule has 0 aromatic heterocycles. The Kier molecular flexibility index (Phi) is 5.82. The van der Waals surface area contributed by atoms with Crippen LogP contribution in [0.25, 0.3) is 0 Å². The number of benzene rings is 1. The van der Waals surface area contributed by atoms with Crippen molar-refractivity contribution in [2.24, 2.45) is 0 Å². The number of hydrogen-bond acceptors (Lipinski definition) is 3. The molecule has 1 aromatic carbocycles. The van der Waals surface area contributed by atoms with E-state index in [9.17, 15) is 4.79 Å². The lowest BCUT2D eigenvalue weighted by Gasteiger charge is -2.20. The number of halogens is 1. The molecule has 1 fully saturated rings. The minimum Gasteiger partial charge on any atom is -0.340 e. The molecule has 1 heterocycles. The Labute approximate surface area is 112 Å². The van der Waals surface area contributed by atoms with E-state index in [2.05, 4.69) is 5.32 Å². The zero-order valence-corrected chi connectivity index (χ0v) is 11.4. The lowest BCUT2D eigenvalue weighted by molar-refractivity contribution is -0.131. The zero-order valence-electron chi connectivity index (χ0n) is 9.76. The molecule has 1 aliphatic heterocycles. The number of rotatable bonds is 3. The molecule has 1 atom stereocenters. The molecule has 17 heavy (non-hydrogen) atoms. The van der Waals surface area contributed by atoms with Gasteiger partial charge in [-0.15, -0.1) is 24.2 Å². The normalized spacial score (nSPS) is 18.5. The third-order valence-electron chi connectivity index (χ3n) is 2.65. The standard InChI is InChI=1S/C12H16N2OS.ClH/c1-14(7-10-5-3-2-4-6-10)12(15)11-8-16-9-13-11;/h2-6,11,13H,7-9H2,1H3;1H. The molecule has 0 aliphatic carbocycles. The van der Waals surface area contributed by atoms with Crippen molar-refractivity contribution in [2.45, 2.75) is 12.6 Å². The number of hydrogen-bond donors (Lipinski definition) is 1. The van der Waals surface area contributed by atoms with Crippen LogP contribution in [0.4, 0.5) is 0 Å². The molecule has 1 aromatic rings. The van der Waals surface area contributed by atoms with Gasteiger partial charge in [-0.3, -0.25) is 10.1 Å². The minimum absolute atomic E-state index is 0. The summed E-state index contributed by atoms with van der Waals surface area (Å²) >= 11 is 1.78. The van der Waals surface area contributed by atoms with Gasteiger partial charge in [0, 0.05) is 25.2 Å². The average molecular weight is 273 g/mol. The van der Waals surface area contributed by atoms with Crippen molar-refractivity contribution in [1.82, 2.24) is 10.2 Å². The highest BCUT2D eigenvalue weighted by molar-refractivity contribution is 7.99. The Bertz CT molecular complexity index is 355. The lowest BCUT2D eigenvalue weighted by atomic mass is 10.2. The highest BCUT2D eigenvalue weighted by Crippen LogP contribution is 2.12. The summed E-state index contributed by atoms with van der Waals surface area (Å²) in [5, 5.41) is 3.19. The monoisotopic (exact) mass is 272 g/mol. The summed E-state index contributed by atoms with van der Waals surface area (Å²) in [5.74, 6) is 1.96. The maximum Gasteiger partial charge on any atom is 0.240 e. The zero-order chi connectivity index (χ0) is 11.4. The van der Waals surface area contributed by atoms with Crippen LogP contribution in [0.2, 0.25) is 0 Å². The molecule has 0 radical (unpaired) electrons. The van der Waals surface area contributed by atoms with E-state index in [4.69, 9.17) is 0 Å². The number of nitrogens with one attached hydrogen (secondary N) is 1. The fourth-order valence-corrected chi connectivity index (χ4v) is 2.69. The fourth-order valence-electron chi connectivity index (χ4n) is 1.76. The number of carbonyl (C=O) groups excluding carboxylic acids is 1. The first-order valence-corrected chi connectivity index (χ1v) is 6.53. The SMILES string of the molecule is CN(Cc1ccccc1)C(=O)C1CSCN1.Cl. The van der Waals surface area contributed by atoms with E-state index in [1.54, 1.807) is 16.7 Å². The number of nitrogens with zero attached hydrogens (tertiary/aromatic N) is 1. The molecule has 5 heteroatoms. The van der Waals surface area contributed by atoms with Gasteiger partial charge in [0.1, 0.15) is 0 Å². The second-order valence-electron chi connectivity index (χ2n) is 3.95. The van der Waals surface area contributed by atoms with Crippen LogP contribution in [-0.4, -0.2) is 35.5 Å². The van der Waals surface area contributed by atoms with Gasteiger partial charge in [0.15, 0.2) is 0 Å². The van der Waals surface area contributed by atoms with Crippen molar-refractivity contribution in [3.63, 3.8) is 0 Å². The Balaban J connectivity index is 0.00000144. The van der Waals surface area contributed by atoms with Gasteiger partial charge in [0.2, 0.25) is 5.91 Å². The van der Waals surface area contributed by atoms with Gasteiger partial charge in [-0.2, -0.15) is 0 Å². The smallest absolute Gasteiger partial charge is 0.240 e. The molecule has 1 saturated heterocycles. The van der Waals surface area contributed by atoms with Crippen LogP contribution in [0, 0.1) is 0 Å². The van der Waals surface area contributed by atoms with Crippen LogP contribution in [0.5, 0.6) is 0 Å². The summed E-state index contributed by atoms with van der Waals surface area (Å²) in [6.07, 6.45) is 0. The van der Waals surface area contributed by atoms with Crippen LogP contribution in [0.1, 0.15) is 5.56 Å². The highest BCUT2D eigenvalue weighted by Gasteiger charge is 2.25. The number of amides is 1. The Hall–Kier alpha value is -0.710. The van der Waals surface area contributed by atoms with Crippen LogP contribution in [-0.2, 0) is 11.3 Å². The molecule has 1 amide bonds. The van der Waals surface area contributed by atoms with Crippen molar-refractivity contribution in [3.05, 3.63) is 35.9 Å². The summed E-state index contributed by atoms with van der Waals surface area (Å²) < 4.78 is 0. The molecule has 0 saturated carbocycles. The molecule has 3 nitrogen and oxygen atoms in total. The molecule has 94 valence electrons. The molecule has 0 bridgehead atoms. The lowest BCUT2D eigenvalue weighted by Crippen LogP contribution is -2.42. The second-order valence-corrected chi connectivity index (χ2v) is 4.98. The van der Waals surface area contributed by atoms with E-state index < -0.39 is 0 Å². The van der Waals surface area contributed by atoms with E-state index in [1.807, 2.05) is 37.4 Å². The van der Waals surface area contributed by atoms with Gasteiger partial charge in [-0.25, -0.2) is 0 Å². The first kappa shape index (κ1) is 14.4. The Morgan fingerprint density at radius 1 is 1.47 bits per heavy atom. The first-order chi connectivity index (χ1) is 7.77. The van der Waals surface area contributed by atoms with E-state index in [1.165, 1.54) is 5.56 Å². The third-order valence-corrected chi connectivity index (χ3v) is 3.59.